The van der Waals surface area contributed by atoms with Crippen LogP contribution in [0.5, 0.6) is 11.5 Å². The molecule has 1 unspecified atom stereocenters. The largest absolute Gasteiger partial charge is 0.486 e. The normalized spacial score (nSPS) is 14.4. The molecule has 1 aromatic carbocycles. The van der Waals surface area contributed by atoms with Gasteiger partial charge in [-0.05, 0) is 33.6 Å². The number of nitrogens with one attached hydrogen (secondary N) is 1. The Hall–Kier alpha value is -1.69. The Balaban J connectivity index is 2.31. The first-order valence-electron chi connectivity index (χ1n) is 5.41. The summed E-state index contributed by atoms with van der Waals surface area (Å²) < 4.78 is 11.8. The van der Waals surface area contributed by atoms with Gasteiger partial charge < -0.3 is 9.47 Å². The molecule has 4 nitrogen and oxygen atoms in total. The number of benzene rings is 1. The van der Waals surface area contributed by atoms with Gasteiger partial charge in [0.05, 0.1) is 17.1 Å². The van der Waals surface area contributed by atoms with E-state index in [0.29, 0.717) is 31.3 Å². The molecule has 0 saturated heterocycles. The first-order valence-corrected chi connectivity index (χ1v) is 6.21. The number of halogens is 1. The topological polar surface area (TPSA) is 54.3 Å². The minimum atomic E-state index is -0.465. The maximum absolute atomic E-state index is 9.13. The van der Waals surface area contributed by atoms with E-state index in [4.69, 9.17) is 21.2 Å². The van der Waals surface area contributed by atoms with Gasteiger partial charge in [0.25, 0.3) is 0 Å². The van der Waals surface area contributed by atoms with Gasteiger partial charge in [-0.15, -0.1) is 6.42 Å². The van der Waals surface area contributed by atoms with Crippen molar-refractivity contribution in [1.29, 1.82) is 5.26 Å². The van der Waals surface area contributed by atoms with E-state index in [9.17, 15) is 0 Å². The van der Waals surface area contributed by atoms with E-state index in [1.54, 1.807) is 6.07 Å². The first-order chi connectivity index (χ1) is 8.76. The number of nitriles is 1. The van der Waals surface area contributed by atoms with Crippen molar-refractivity contribution in [3.63, 3.8) is 0 Å². The zero-order valence-electron chi connectivity index (χ0n) is 9.57. The van der Waals surface area contributed by atoms with Crippen LogP contribution in [0.15, 0.2) is 16.6 Å². The fourth-order valence-corrected chi connectivity index (χ4v) is 2.27. The summed E-state index contributed by atoms with van der Waals surface area (Å²) in [6.45, 7) is 1.38. The molecule has 0 saturated carbocycles. The van der Waals surface area contributed by atoms with Crippen molar-refractivity contribution in [1.82, 2.24) is 5.32 Å². The summed E-state index contributed by atoms with van der Waals surface area (Å²) in [4.78, 5) is 0. The first kappa shape index (κ1) is 12.8. The maximum atomic E-state index is 9.13. The molecule has 1 aromatic rings. The molecule has 1 heterocycles. The lowest BCUT2D eigenvalue weighted by molar-refractivity contribution is 0.170. The average molecular weight is 307 g/mol. The lowest BCUT2D eigenvalue weighted by Crippen LogP contribution is -2.21. The van der Waals surface area contributed by atoms with E-state index in [1.807, 2.05) is 6.07 Å². The van der Waals surface area contributed by atoms with Crippen LogP contribution in [-0.2, 0) is 0 Å². The summed E-state index contributed by atoms with van der Waals surface area (Å²) in [6, 6.07) is 5.34. The average Bonchev–Trinajstić information content (AvgIpc) is 2.40. The molecular formula is C13H11BrN2O2. The standard InChI is InChI=1S/C13H11BrN2O2/c1-2-3-16-11(8-15)9-6-10(14)13-12(7-9)17-4-5-18-13/h1,6-7,11,16H,3-5H2. The molecule has 92 valence electrons. The molecule has 0 fully saturated rings. The van der Waals surface area contributed by atoms with Gasteiger partial charge in [-0.25, -0.2) is 0 Å². The summed E-state index contributed by atoms with van der Waals surface area (Å²) in [7, 11) is 0. The Bertz CT molecular complexity index is 531. The molecule has 1 aliphatic heterocycles. The Morgan fingerprint density at radius 2 is 2.22 bits per heavy atom. The lowest BCUT2D eigenvalue weighted by Gasteiger charge is -2.21. The van der Waals surface area contributed by atoms with Crippen LogP contribution in [0, 0.1) is 23.7 Å². The van der Waals surface area contributed by atoms with Crippen molar-refractivity contribution in [2.45, 2.75) is 6.04 Å². The van der Waals surface area contributed by atoms with Crippen LogP contribution in [-0.4, -0.2) is 19.8 Å². The predicted molar refractivity (Wildman–Crippen MR) is 70.3 cm³/mol. The Kier molecular flexibility index (Phi) is 4.09. The van der Waals surface area contributed by atoms with E-state index in [0.717, 1.165) is 10.0 Å². The van der Waals surface area contributed by atoms with Gasteiger partial charge in [-0.2, -0.15) is 5.26 Å². The van der Waals surface area contributed by atoms with Crippen LogP contribution in [0.4, 0.5) is 0 Å². The molecule has 1 atom stereocenters. The van der Waals surface area contributed by atoms with Gasteiger partial charge in [0.2, 0.25) is 0 Å². The smallest absolute Gasteiger partial charge is 0.175 e. The molecule has 1 aliphatic rings. The summed E-state index contributed by atoms with van der Waals surface area (Å²) >= 11 is 3.42. The highest BCUT2D eigenvalue weighted by Crippen LogP contribution is 2.39. The summed E-state index contributed by atoms with van der Waals surface area (Å²) in [5, 5.41) is 12.1. The lowest BCUT2D eigenvalue weighted by atomic mass is 10.1. The SMILES string of the molecule is C#CCNC(C#N)c1cc(Br)c2c(c1)OCCO2. The Morgan fingerprint density at radius 1 is 1.44 bits per heavy atom. The minimum absolute atomic E-state index is 0.338. The van der Waals surface area contributed by atoms with E-state index in [-0.39, 0.29) is 0 Å². The summed E-state index contributed by atoms with van der Waals surface area (Å²) in [6.07, 6.45) is 5.17. The van der Waals surface area contributed by atoms with Crippen molar-refractivity contribution < 1.29 is 9.47 Å². The monoisotopic (exact) mass is 306 g/mol. The van der Waals surface area contributed by atoms with Gasteiger partial charge in [-0.3, -0.25) is 5.32 Å². The molecule has 0 radical (unpaired) electrons. The highest BCUT2D eigenvalue weighted by molar-refractivity contribution is 9.10. The number of nitrogens with zero attached hydrogens (tertiary/aromatic N) is 1. The van der Waals surface area contributed by atoms with Gasteiger partial charge >= 0.3 is 0 Å². The summed E-state index contributed by atoms with van der Waals surface area (Å²) in [5.74, 6) is 3.78. The molecule has 1 N–H and O–H groups in total. The second-order valence-corrected chi connectivity index (χ2v) is 4.53. The Labute approximate surface area is 114 Å². The molecule has 0 amide bonds. The van der Waals surface area contributed by atoms with Gasteiger partial charge in [-0.1, -0.05) is 5.92 Å². The van der Waals surface area contributed by atoms with Gasteiger partial charge in [0, 0.05) is 0 Å². The molecule has 0 spiro atoms. The maximum Gasteiger partial charge on any atom is 0.175 e. The molecule has 5 heteroatoms. The van der Waals surface area contributed by atoms with Crippen molar-refractivity contribution >= 4 is 15.9 Å². The van der Waals surface area contributed by atoms with Crippen LogP contribution in [0.25, 0.3) is 0 Å². The molecule has 0 aliphatic carbocycles. The van der Waals surface area contributed by atoms with Gasteiger partial charge in [0.1, 0.15) is 19.3 Å². The minimum Gasteiger partial charge on any atom is -0.486 e. The Morgan fingerprint density at radius 3 is 2.94 bits per heavy atom. The molecule has 0 bridgehead atoms. The fourth-order valence-electron chi connectivity index (χ4n) is 1.70. The molecular weight excluding hydrogens is 296 g/mol. The molecule has 18 heavy (non-hydrogen) atoms. The van der Waals surface area contributed by atoms with Crippen molar-refractivity contribution in [3.05, 3.63) is 22.2 Å². The third kappa shape index (κ3) is 2.59. The second-order valence-electron chi connectivity index (χ2n) is 3.67. The highest BCUT2D eigenvalue weighted by Gasteiger charge is 2.19. The highest BCUT2D eigenvalue weighted by atomic mass is 79.9. The van der Waals surface area contributed by atoms with Crippen LogP contribution in [0.2, 0.25) is 0 Å². The van der Waals surface area contributed by atoms with Crippen molar-refractivity contribution in [3.8, 4) is 29.9 Å². The third-order valence-electron chi connectivity index (χ3n) is 2.49. The van der Waals surface area contributed by atoms with Gasteiger partial charge in [0.15, 0.2) is 11.5 Å². The quantitative estimate of drug-likeness (QED) is 0.868. The predicted octanol–water partition coefficient (Wildman–Crippen LogP) is 2.01. The second kappa shape index (κ2) is 5.77. The van der Waals surface area contributed by atoms with Crippen molar-refractivity contribution in [2.75, 3.05) is 19.8 Å². The molecule has 0 aromatic heterocycles. The van der Waals surface area contributed by atoms with E-state index >= 15 is 0 Å². The number of terminal acetylenes is 1. The van der Waals surface area contributed by atoms with Crippen LogP contribution < -0.4 is 14.8 Å². The number of ether oxygens (including phenoxy) is 2. The zero-order valence-corrected chi connectivity index (χ0v) is 11.2. The number of fused-ring (bicyclic) bond motifs is 1. The van der Waals surface area contributed by atoms with Crippen LogP contribution in [0.1, 0.15) is 11.6 Å². The summed E-state index contributed by atoms with van der Waals surface area (Å²) in [5.41, 5.74) is 0.795. The van der Waals surface area contributed by atoms with Crippen LogP contribution in [0.3, 0.4) is 0 Å². The van der Waals surface area contributed by atoms with E-state index in [1.165, 1.54) is 0 Å². The van der Waals surface area contributed by atoms with E-state index < -0.39 is 6.04 Å². The zero-order chi connectivity index (χ0) is 13.0. The number of hydrogen-bond acceptors (Lipinski definition) is 4. The fraction of sp³-hybridized carbons (Fsp3) is 0.308. The molecule has 2 rings (SSSR count). The van der Waals surface area contributed by atoms with Crippen LogP contribution >= 0.6 is 15.9 Å². The third-order valence-corrected chi connectivity index (χ3v) is 3.08. The number of rotatable bonds is 3. The van der Waals surface area contributed by atoms with E-state index in [2.05, 4.69) is 33.2 Å². The number of hydrogen-bond donors (Lipinski definition) is 1. The van der Waals surface area contributed by atoms with Crippen molar-refractivity contribution in [2.24, 2.45) is 0 Å².